The summed E-state index contributed by atoms with van der Waals surface area (Å²) >= 11 is 0. The van der Waals surface area contributed by atoms with Crippen molar-refractivity contribution in [1.29, 1.82) is 0 Å². The first-order chi connectivity index (χ1) is 10.7. The highest BCUT2D eigenvalue weighted by molar-refractivity contribution is 5.91. The SMILES string of the molecule is CC(C)N1CC(NC(=O)Nc2ccccc2C(C)(C)C)CC1=O. The van der Waals surface area contributed by atoms with Gasteiger partial charge in [-0.2, -0.15) is 0 Å². The minimum absolute atomic E-state index is 0.0539. The molecule has 0 spiro atoms. The van der Waals surface area contributed by atoms with Gasteiger partial charge in [0.25, 0.3) is 0 Å². The van der Waals surface area contributed by atoms with Crippen molar-refractivity contribution in [2.24, 2.45) is 0 Å². The number of carbonyl (C=O) groups excluding carboxylic acids is 2. The summed E-state index contributed by atoms with van der Waals surface area (Å²) in [6.07, 6.45) is 0.368. The van der Waals surface area contributed by atoms with E-state index in [1.54, 1.807) is 4.90 Å². The van der Waals surface area contributed by atoms with E-state index in [1.165, 1.54) is 0 Å². The molecule has 0 radical (unpaired) electrons. The average Bonchev–Trinajstić information content (AvgIpc) is 2.78. The first-order valence-corrected chi connectivity index (χ1v) is 8.15. The lowest BCUT2D eigenvalue weighted by Crippen LogP contribution is -2.41. The van der Waals surface area contributed by atoms with Crippen LogP contribution in [0.3, 0.4) is 0 Å². The van der Waals surface area contributed by atoms with Crippen LogP contribution in [0.5, 0.6) is 0 Å². The molecule has 1 saturated heterocycles. The molecule has 2 N–H and O–H groups in total. The summed E-state index contributed by atoms with van der Waals surface area (Å²) in [4.78, 5) is 26.0. The van der Waals surface area contributed by atoms with Crippen molar-refractivity contribution < 1.29 is 9.59 Å². The lowest BCUT2D eigenvalue weighted by atomic mass is 9.86. The Balaban J connectivity index is 2.00. The molecule has 1 atom stereocenters. The van der Waals surface area contributed by atoms with E-state index >= 15 is 0 Å². The van der Waals surface area contributed by atoms with Crippen LogP contribution in [-0.4, -0.2) is 35.5 Å². The van der Waals surface area contributed by atoms with Gasteiger partial charge in [-0.15, -0.1) is 0 Å². The molecule has 1 aliphatic rings. The largest absolute Gasteiger partial charge is 0.338 e. The third-order valence-corrected chi connectivity index (χ3v) is 4.10. The minimum atomic E-state index is -0.259. The minimum Gasteiger partial charge on any atom is -0.338 e. The van der Waals surface area contributed by atoms with Gasteiger partial charge in [-0.05, 0) is 30.9 Å². The summed E-state index contributed by atoms with van der Waals surface area (Å²) in [5, 5.41) is 5.83. The highest BCUT2D eigenvalue weighted by Crippen LogP contribution is 2.29. The predicted molar refractivity (Wildman–Crippen MR) is 92.6 cm³/mol. The Hall–Kier alpha value is -2.04. The number of hydrogen-bond donors (Lipinski definition) is 2. The number of hydrogen-bond acceptors (Lipinski definition) is 2. The van der Waals surface area contributed by atoms with Gasteiger partial charge in [-0.1, -0.05) is 39.0 Å². The second-order valence-corrected chi connectivity index (χ2v) is 7.43. The summed E-state index contributed by atoms with van der Waals surface area (Å²) in [7, 11) is 0. The Labute approximate surface area is 138 Å². The van der Waals surface area contributed by atoms with Crippen molar-refractivity contribution in [3.8, 4) is 0 Å². The van der Waals surface area contributed by atoms with Crippen molar-refractivity contribution in [2.75, 3.05) is 11.9 Å². The number of benzene rings is 1. The number of nitrogens with one attached hydrogen (secondary N) is 2. The van der Waals surface area contributed by atoms with E-state index in [4.69, 9.17) is 0 Å². The van der Waals surface area contributed by atoms with E-state index in [2.05, 4.69) is 31.4 Å². The molecule has 0 aliphatic carbocycles. The van der Waals surface area contributed by atoms with Crippen molar-refractivity contribution in [3.05, 3.63) is 29.8 Å². The van der Waals surface area contributed by atoms with Gasteiger partial charge < -0.3 is 15.5 Å². The molecule has 5 heteroatoms. The number of rotatable bonds is 3. The summed E-state index contributed by atoms with van der Waals surface area (Å²) in [6, 6.07) is 7.58. The Kier molecular flexibility index (Phi) is 4.97. The highest BCUT2D eigenvalue weighted by atomic mass is 16.2. The zero-order valence-electron chi connectivity index (χ0n) is 14.6. The third-order valence-electron chi connectivity index (χ3n) is 4.10. The van der Waals surface area contributed by atoms with Crippen molar-refractivity contribution >= 4 is 17.6 Å². The number of anilines is 1. The molecule has 1 unspecified atom stereocenters. The smallest absolute Gasteiger partial charge is 0.319 e. The van der Waals surface area contributed by atoms with E-state index in [-0.39, 0.29) is 29.4 Å². The van der Waals surface area contributed by atoms with Gasteiger partial charge in [0.15, 0.2) is 0 Å². The van der Waals surface area contributed by atoms with Crippen LogP contribution in [0.2, 0.25) is 0 Å². The number of amides is 3. The second-order valence-electron chi connectivity index (χ2n) is 7.43. The molecule has 2 rings (SSSR count). The normalized spacial score (nSPS) is 18.4. The fourth-order valence-electron chi connectivity index (χ4n) is 2.92. The highest BCUT2D eigenvalue weighted by Gasteiger charge is 2.32. The maximum atomic E-state index is 12.3. The van der Waals surface area contributed by atoms with Crippen LogP contribution < -0.4 is 10.6 Å². The lowest BCUT2D eigenvalue weighted by Gasteiger charge is -2.24. The predicted octanol–water partition coefficient (Wildman–Crippen LogP) is 3.11. The first-order valence-electron chi connectivity index (χ1n) is 8.15. The van der Waals surface area contributed by atoms with Crippen molar-refractivity contribution in [1.82, 2.24) is 10.2 Å². The molecular formula is C18H27N3O2. The second kappa shape index (κ2) is 6.60. The first kappa shape index (κ1) is 17.3. The van der Waals surface area contributed by atoms with Crippen LogP contribution in [-0.2, 0) is 10.2 Å². The van der Waals surface area contributed by atoms with Gasteiger partial charge in [0.1, 0.15) is 0 Å². The maximum absolute atomic E-state index is 12.3. The Bertz CT molecular complexity index is 590. The number of para-hydroxylation sites is 1. The van der Waals surface area contributed by atoms with Crippen LogP contribution in [0.15, 0.2) is 24.3 Å². The molecular weight excluding hydrogens is 290 g/mol. The monoisotopic (exact) mass is 317 g/mol. The number of carbonyl (C=O) groups is 2. The van der Waals surface area contributed by atoms with Crippen LogP contribution in [0.1, 0.15) is 46.6 Å². The van der Waals surface area contributed by atoms with Gasteiger partial charge in [0, 0.05) is 24.7 Å². The summed E-state index contributed by atoms with van der Waals surface area (Å²) in [5.41, 5.74) is 1.84. The molecule has 1 aromatic carbocycles. The molecule has 0 bridgehead atoms. The zero-order valence-corrected chi connectivity index (χ0v) is 14.6. The summed E-state index contributed by atoms with van der Waals surface area (Å²) in [5.74, 6) is 0.0976. The van der Waals surface area contributed by atoms with Gasteiger partial charge in [-0.3, -0.25) is 4.79 Å². The van der Waals surface area contributed by atoms with E-state index in [0.29, 0.717) is 13.0 Å². The fraction of sp³-hybridized carbons (Fsp3) is 0.556. The van der Waals surface area contributed by atoms with E-state index < -0.39 is 0 Å². The van der Waals surface area contributed by atoms with Crippen LogP contribution in [0.25, 0.3) is 0 Å². The third kappa shape index (κ3) is 4.24. The fourth-order valence-corrected chi connectivity index (χ4v) is 2.92. The van der Waals surface area contributed by atoms with E-state index in [9.17, 15) is 9.59 Å². The molecule has 1 heterocycles. The molecule has 0 aromatic heterocycles. The average molecular weight is 317 g/mol. The number of urea groups is 1. The Morgan fingerprint density at radius 2 is 1.91 bits per heavy atom. The molecule has 0 saturated carbocycles. The topological polar surface area (TPSA) is 61.4 Å². The molecule has 1 aromatic rings. The Morgan fingerprint density at radius 1 is 1.26 bits per heavy atom. The van der Waals surface area contributed by atoms with Gasteiger partial charge >= 0.3 is 6.03 Å². The molecule has 5 nitrogen and oxygen atoms in total. The molecule has 3 amide bonds. The van der Waals surface area contributed by atoms with E-state index in [1.807, 2.05) is 38.1 Å². The number of nitrogens with zero attached hydrogens (tertiary/aromatic N) is 1. The quantitative estimate of drug-likeness (QED) is 0.900. The lowest BCUT2D eigenvalue weighted by molar-refractivity contribution is -0.129. The molecule has 1 aliphatic heterocycles. The summed E-state index contributed by atoms with van der Waals surface area (Å²) < 4.78 is 0. The van der Waals surface area contributed by atoms with Crippen LogP contribution in [0, 0.1) is 0 Å². The Morgan fingerprint density at radius 3 is 2.48 bits per heavy atom. The zero-order chi connectivity index (χ0) is 17.2. The summed E-state index contributed by atoms with van der Waals surface area (Å²) in [6.45, 7) is 10.9. The molecule has 126 valence electrons. The van der Waals surface area contributed by atoms with Crippen LogP contribution in [0.4, 0.5) is 10.5 Å². The van der Waals surface area contributed by atoms with Crippen LogP contribution >= 0.6 is 0 Å². The van der Waals surface area contributed by atoms with Gasteiger partial charge in [0.05, 0.1) is 6.04 Å². The van der Waals surface area contributed by atoms with Gasteiger partial charge in [0.2, 0.25) is 5.91 Å². The molecule has 1 fully saturated rings. The molecule has 23 heavy (non-hydrogen) atoms. The van der Waals surface area contributed by atoms with E-state index in [0.717, 1.165) is 11.3 Å². The maximum Gasteiger partial charge on any atom is 0.319 e. The number of likely N-dealkylation sites (tertiary alicyclic amines) is 1. The standard InChI is InChI=1S/C18H27N3O2/c1-12(2)21-11-13(10-16(21)22)19-17(23)20-15-9-7-6-8-14(15)18(3,4)5/h6-9,12-13H,10-11H2,1-5H3,(H2,19,20,23). The van der Waals surface area contributed by atoms with Crippen molar-refractivity contribution in [3.63, 3.8) is 0 Å². The van der Waals surface area contributed by atoms with Gasteiger partial charge in [-0.25, -0.2) is 4.79 Å². The van der Waals surface area contributed by atoms with Crippen molar-refractivity contribution in [2.45, 2.75) is 58.5 Å².